The Labute approximate surface area is 157 Å². The summed E-state index contributed by atoms with van der Waals surface area (Å²) < 4.78 is 5.92. The van der Waals surface area contributed by atoms with E-state index in [-0.39, 0.29) is 0 Å². The number of aromatic amines is 1. The largest absolute Gasteiger partial charge is 0.457 e. The summed E-state index contributed by atoms with van der Waals surface area (Å²) in [6.07, 6.45) is 1.73. The Bertz CT molecular complexity index is 1070. The number of pyridine rings is 1. The number of ether oxygens (including phenoxy) is 1. The highest BCUT2D eigenvalue weighted by Crippen LogP contribution is 2.26. The molecule has 0 aliphatic carbocycles. The van der Waals surface area contributed by atoms with Gasteiger partial charge in [0.15, 0.2) is 5.82 Å². The number of nitrogens with zero attached hydrogens (tertiary/aromatic N) is 3. The van der Waals surface area contributed by atoms with E-state index in [0.717, 1.165) is 28.4 Å². The number of H-pyrrole nitrogens is 1. The Morgan fingerprint density at radius 1 is 0.926 bits per heavy atom. The van der Waals surface area contributed by atoms with Gasteiger partial charge in [-0.3, -0.25) is 10.1 Å². The summed E-state index contributed by atoms with van der Waals surface area (Å²) in [5.74, 6) is 2.66. The molecule has 2 aromatic carbocycles. The van der Waals surface area contributed by atoms with Crippen molar-refractivity contribution in [3.8, 4) is 22.9 Å². The smallest absolute Gasteiger partial charge is 0.246 e. The first-order valence-corrected chi connectivity index (χ1v) is 8.63. The molecule has 2 N–H and O–H groups in total. The number of aryl methyl sites for hydroxylation is 2. The van der Waals surface area contributed by atoms with E-state index in [4.69, 9.17) is 4.74 Å². The van der Waals surface area contributed by atoms with Crippen molar-refractivity contribution in [1.82, 2.24) is 20.2 Å². The molecule has 0 amide bonds. The van der Waals surface area contributed by atoms with E-state index < -0.39 is 0 Å². The van der Waals surface area contributed by atoms with Gasteiger partial charge >= 0.3 is 0 Å². The van der Waals surface area contributed by atoms with Gasteiger partial charge in [-0.25, -0.2) is 0 Å². The molecule has 4 rings (SSSR count). The van der Waals surface area contributed by atoms with Crippen LogP contribution in [-0.4, -0.2) is 20.2 Å². The lowest BCUT2D eigenvalue weighted by Gasteiger charge is -2.07. The van der Waals surface area contributed by atoms with Gasteiger partial charge < -0.3 is 10.1 Å². The second-order valence-electron chi connectivity index (χ2n) is 6.26. The minimum Gasteiger partial charge on any atom is -0.457 e. The summed E-state index contributed by atoms with van der Waals surface area (Å²) in [4.78, 5) is 8.70. The lowest BCUT2D eigenvalue weighted by atomic mass is 10.2. The topological polar surface area (TPSA) is 75.7 Å². The summed E-state index contributed by atoms with van der Waals surface area (Å²) in [6.45, 7) is 3.98. The Balaban J connectivity index is 1.53. The van der Waals surface area contributed by atoms with E-state index in [2.05, 4.69) is 25.5 Å². The average Bonchev–Trinajstić information content (AvgIpc) is 3.10. The van der Waals surface area contributed by atoms with Crippen LogP contribution in [0.15, 0.2) is 66.9 Å². The van der Waals surface area contributed by atoms with Gasteiger partial charge in [-0.15, -0.1) is 5.10 Å². The molecule has 134 valence electrons. The highest BCUT2D eigenvalue weighted by Gasteiger charge is 2.08. The van der Waals surface area contributed by atoms with Crippen LogP contribution < -0.4 is 10.1 Å². The number of nitrogens with one attached hydrogen (secondary N) is 2. The van der Waals surface area contributed by atoms with Crippen molar-refractivity contribution in [2.24, 2.45) is 0 Å². The van der Waals surface area contributed by atoms with Crippen LogP contribution in [0, 0.1) is 13.8 Å². The molecule has 2 aromatic heterocycles. The third kappa shape index (κ3) is 4.12. The van der Waals surface area contributed by atoms with Crippen LogP contribution in [0.3, 0.4) is 0 Å². The number of benzene rings is 2. The number of hydrogen-bond acceptors (Lipinski definition) is 5. The van der Waals surface area contributed by atoms with E-state index in [9.17, 15) is 0 Å². The van der Waals surface area contributed by atoms with Crippen molar-refractivity contribution < 1.29 is 4.74 Å². The predicted octanol–water partition coefficient (Wildman–Crippen LogP) is 5.02. The fourth-order valence-corrected chi connectivity index (χ4v) is 2.72. The first-order chi connectivity index (χ1) is 13.2. The van der Waals surface area contributed by atoms with Crippen LogP contribution in [-0.2, 0) is 0 Å². The minimum atomic E-state index is 0.520. The Morgan fingerprint density at radius 2 is 1.78 bits per heavy atom. The van der Waals surface area contributed by atoms with Crippen LogP contribution in [0.5, 0.6) is 11.5 Å². The first-order valence-electron chi connectivity index (χ1n) is 8.63. The predicted molar refractivity (Wildman–Crippen MR) is 105 cm³/mol. The molecule has 0 saturated heterocycles. The quantitative estimate of drug-likeness (QED) is 0.524. The van der Waals surface area contributed by atoms with Gasteiger partial charge in [0.25, 0.3) is 0 Å². The number of hydrogen-bond donors (Lipinski definition) is 2. The molecule has 2 heterocycles. The zero-order valence-electron chi connectivity index (χ0n) is 15.1. The third-order valence-electron chi connectivity index (χ3n) is 3.97. The standard InChI is InChI=1S/C21H19N5O/c1-14-5-3-7-17(11-14)23-21-24-20(25-26-21)16-6-4-8-18(13-16)27-19-9-10-22-15(2)12-19/h3-13H,1-2H3,(H2,23,24,25,26). The van der Waals surface area contributed by atoms with Crippen molar-refractivity contribution in [1.29, 1.82) is 0 Å². The van der Waals surface area contributed by atoms with Crippen LogP contribution in [0.25, 0.3) is 11.4 Å². The van der Waals surface area contributed by atoms with Crippen LogP contribution in [0.1, 0.15) is 11.3 Å². The average molecular weight is 357 g/mol. The normalized spacial score (nSPS) is 10.6. The third-order valence-corrected chi connectivity index (χ3v) is 3.97. The molecule has 0 atom stereocenters. The molecule has 0 aliphatic rings. The highest BCUT2D eigenvalue weighted by molar-refractivity contribution is 5.61. The number of anilines is 2. The maximum Gasteiger partial charge on any atom is 0.246 e. The molecular weight excluding hydrogens is 338 g/mol. The molecule has 6 nitrogen and oxygen atoms in total. The van der Waals surface area contributed by atoms with E-state index >= 15 is 0 Å². The number of aromatic nitrogens is 4. The van der Waals surface area contributed by atoms with Gasteiger partial charge in [-0.1, -0.05) is 24.3 Å². The molecule has 0 bridgehead atoms. The molecule has 6 heteroatoms. The maximum atomic E-state index is 5.92. The second-order valence-corrected chi connectivity index (χ2v) is 6.26. The first kappa shape index (κ1) is 16.8. The fraction of sp³-hybridized carbons (Fsp3) is 0.0952. The molecular formula is C21H19N5O. The van der Waals surface area contributed by atoms with Crippen LogP contribution >= 0.6 is 0 Å². The van der Waals surface area contributed by atoms with Gasteiger partial charge in [-0.05, 0) is 49.7 Å². The second kappa shape index (κ2) is 7.29. The summed E-state index contributed by atoms with van der Waals surface area (Å²) >= 11 is 0. The van der Waals surface area contributed by atoms with Crippen molar-refractivity contribution in [3.63, 3.8) is 0 Å². The monoisotopic (exact) mass is 357 g/mol. The van der Waals surface area contributed by atoms with Crippen molar-refractivity contribution in [3.05, 3.63) is 78.1 Å². The Kier molecular flexibility index (Phi) is 4.53. The summed E-state index contributed by atoms with van der Waals surface area (Å²) in [6, 6.07) is 19.5. The fourth-order valence-electron chi connectivity index (χ4n) is 2.72. The summed E-state index contributed by atoms with van der Waals surface area (Å²) in [7, 11) is 0. The van der Waals surface area contributed by atoms with Crippen molar-refractivity contribution in [2.45, 2.75) is 13.8 Å². The molecule has 4 aromatic rings. The zero-order valence-corrected chi connectivity index (χ0v) is 15.1. The molecule has 0 aliphatic heterocycles. The van der Waals surface area contributed by atoms with E-state index in [1.54, 1.807) is 6.20 Å². The minimum absolute atomic E-state index is 0.520. The maximum absolute atomic E-state index is 5.92. The van der Waals surface area contributed by atoms with Gasteiger partial charge in [0.1, 0.15) is 11.5 Å². The van der Waals surface area contributed by atoms with Crippen molar-refractivity contribution >= 4 is 11.6 Å². The molecule has 27 heavy (non-hydrogen) atoms. The van der Waals surface area contributed by atoms with E-state index in [1.165, 1.54) is 5.56 Å². The number of rotatable bonds is 5. The Hall–Kier alpha value is -3.67. The molecule has 0 spiro atoms. The van der Waals surface area contributed by atoms with Gasteiger partial charge in [0.2, 0.25) is 5.95 Å². The van der Waals surface area contributed by atoms with Crippen LogP contribution in [0.2, 0.25) is 0 Å². The summed E-state index contributed by atoms with van der Waals surface area (Å²) in [5.41, 5.74) is 3.92. The molecule has 0 saturated carbocycles. The van der Waals surface area contributed by atoms with E-state index in [0.29, 0.717) is 11.8 Å². The highest BCUT2D eigenvalue weighted by atomic mass is 16.5. The van der Waals surface area contributed by atoms with Gasteiger partial charge in [0, 0.05) is 29.2 Å². The molecule has 0 fully saturated rings. The lowest BCUT2D eigenvalue weighted by molar-refractivity contribution is 0.481. The summed E-state index contributed by atoms with van der Waals surface area (Å²) in [5, 5.41) is 10.4. The molecule has 0 radical (unpaired) electrons. The van der Waals surface area contributed by atoms with Crippen LogP contribution in [0.4, 0.5) is 11.6 Å². The van der Waals surface area contributed by atoms with Gasteiger partial charge in [-0.2, -0.15) is 4.98 Å². The zero-order chi connectivity index (χ0) is 18.6. The molecule has 0 unspecified atom stereocenters. The lowest BCUT2D eigenvalue weighted by Crippen LogP contribution is -1.92. The SMILES string of the molecule is Cc1cccc(Nc2n[nH]c(-c3cccc(Oc4ccnc(C)c4)c3)n2)c1. The Morgan fingerprint density at radius 3 is 2.63 bits per heavy atom. The van der Waals surface area contributed by atoms with E-state index in [1.807, 2.05) is 74.5 Å². The van der Waals surface area contributed by atoms with Gasteiger partial charge in [0.05, 0.1) is 0 Å². The van der Waals surface area contributed by atoms with Crippen molar-refractivity contribution in [2.75, 3.05) is 5.32 Å².